The minimum Gasteiger partial charge on any atom is -0.480 e. The van der Waals surface area contributed by atoms with Crippen molar-refractivity contribution < 1.29 is 24.3 Å². The van der Waals surface area contributed by atoms with E-state index in [4.69, 9.17) is 33.7 Å². The van der Waals surface area contributed by atoms with E-state index < -0.39 is 17.9 Å². The monoisotopic (exact) mass is 456 g/mol. The Balaban J connectivity index is 2.37. The van der Waals surface area contributed by atoms with E-state index in [1.165, 1.54) is 0 Å². The van der Waals surface area contributed by atoms with Crippen molar-refractivity contribution in [2.45, 2.75) is 58.4 Å². The molecule has 0 aliphatic heterocycles. The summed E-state index contributed by atoms with van der Waals surface area (Å²) in [5, 5.41) is 20.1. The average molecular weight is 457 g/mol. The van der Waals surface area contributed by atoms with Gasteiger partial charge >= 0.3 is 5.97 Å². The normalized spacial score (nSPS) is 11.8. The quantitative estimate of drug-likeness (QED) is 0.388. The standard InChI is InChI=1S/C21H26Cl2N2O5/c1-12(2)20(21(29)30)25-19(28)8-3-5-14(26)9-13(24)10-15(27)11-16-17(22)6-4-7-18(16)23/h4,6-7,12,20,24H,3,5,8-11H2,1-2H3,(H,25,28)(H,29,30)/t20-/m0/s1. The minimum absolute atomic E-state index is 0.0108. The van der Waals surface area contributed by atoms with E-state index >= 15 is 0 Å². The maximum atomic E-state index is 12.2. The van der Waals surface area contributed by atoms with Gasteiger partial charge < -0.3 is 15.8 Å². The van der Waals surface area contributed by atoms with E-state index in [1.807, 2.05) is 0 Å². The highest BCUT2D eigenvalue weighted by Gasteiger charge is 2.23. The number of hydrogen-bond acceptors (Lipinski definition) is 5. The molecule has 1 atom stereocenters. The van der Waals surface area contributed by atoms with Gasteiger partial charge in [0.25, 0.3) is 0 Å². The Labute approximate surface area is 185 Å². The van der Waals surface area contributed by atoms with Gasteiger partial charge in [-0.1, -0.05) is 43.1 Å². The second-order valence-corrected chi connectivity index (χ2v) is 8.21. The van der Waals surface area contributed by atoms with E-state index in [0.29, 0.717) is 15.6 Å². The Hall–Kier alpha value is -2.25. The maximum Gasteiger partial charge on any atom is 0.326 e. The van der Waals surface area contributed by atoms with Crippen molar-refractivity contribution in [2.75, 3.05) is 0 Å². The van der Waals surface area contributed by atoms with Gasteiger partial charge in [-0.25, -0.2) is 4.79 Å². The summed E-state index contributed by atoms with van der Waals surface area (Å²) in [6.45, 7) is 3.38. The van der Waals surface area contributed by atoms with Crippen molar-refractivity contribution in [2.24, 2.45) is 5.92 Å². The molecule has 0 aliphatic rings. The van der Waals surface area contributed by atoms with Crippen molar-refractivity contribution >= 4 is 52.4 Å². The lowest BCUT2D eigenvalue weighted by atomic mass is 10.0. The van der Waals surface area contributed by atoms with Crippen LogP contribution in [0.4, 0.5) is 0 Å². The molecule has 1 amide bonds. The molecule has 0 bridgehead atoms. The molecular weight excluding hydrogens is 431 g/mol. The first-order valence-corrected chi connectivity index (χ1v) is 10.3. The first kappa shape index (κ1) is 25.8. The van der Waals surface area contributed by atoms with Crippen LogP contribution >= 0.6 is 23.2 Å². The summed E-state index contributed by atoms with van der Waals surface area (Å²) < 4.78 is 0. The highest BCUT2D eigenvalue weighted by atomic mass is 35.5. The zero-order valence-electron chi connectivity index (χ0n) is 17.0. The molecule has 0 spiro atoms. The Bertz CT molecular complexity index is 803. The van der Waals surface area contributed by atoms with Gasteiger partial charge in [-0.05, 0) is 30.0 Å². The second kappa shape index (κ2) is 12.4. The van der Waals surface area contributed by atoms with Crippen molar-refractivity contribution in [3.8, 4) is 0 Å². The topological polar surface area (TPSA) is 124 Å². The molecule has 0 heterocycles. The Morgan fingerprint density at radius 2 is 1.60 bits per heavy atom. The minimum atomic E-state index is -1.11. The molecule has 0 aliphatic carbocycles. The first-order chi connectivity index (χ1) is 14.0. The number of carboxylic acid groups (broad SMARTS) is 1. The van der Waals surface area contributed by atoms with Crippen LogP contribution in [0.2, 0.25) is 10.0 Å². The molecule has 3 N–H and O–H groups in total. The second-order valence-electron chi connectivity index (χ2n) is 7.39. The zero-order valence-corrected chi connectivity index (χ0v) is 18.5. The van der Waals surface area contributed by atoms with Gasteiger partial charge in [-0.15, -0.1) is 0 Å². The number of nitrogens with one attached hydrogen (secondary N) is 2. The zero-order chi connectivity index (χ0) is 22.8. The fourth-order valence-corrected chi connectivity index (χ4v) is 3.32. The molecule has 9 heteroatoms. The Morgan fingerprint density at radius 1 is 1.03 bits per heavy atom. The van der Waals surface area contributed by atoms with Crippen LogP contribution in [0.3, 0.4) is 0 Å². The van der Waals surface area contributed by atoms with Gasteiger partial charge in [0.05, 0.1) is 0 Å². The Morgan fingerprint density at radius 3 is 2.13 bits per heavy atom. The molecular formula is C21H26Cl2N2O5. The van der Waals surface area contributed by atoms with Gasteiger partial charge in [0.2, 0.25) is 5.91 Å². The van der Waals surface area contributed by atoms with Crippen LogP contribution in [0.5, 0.6) is 0 Å². The number of carbonyl (C=O) groups is 4. The van der Waals surface area contributed by atoms with Crippen LogP contribution in [-0.2, 0) is 25.6 Å². The molecule has 0 saturated carbocycles. The summed E-state index contributed by atoms with van der Waals surface area (Å²) in [5.74, 6) is -2.33. The lowest BCUT2D eigenvalue weighted by Gasteiger charge is -2.17. The molecule has 7 nitrogen and oxygen atoms in total. The van der Waals surface area contributed by atoms with Crippen molar-refractivity contribution in [3.63, 3.8) is 0 Å². The van der Waals surface area contributed by atoms with Crippen molar-refractivity contribution in [1.82, 2.24) is 5.32 Å². The molecule has 0 aromatic heterocycles. The number of aliphatic carboxylic acids is 1. The van der Waals surface area contributed by atoms with Crippen LogP contribution in [0.1, 0.15) is 51.5 Å². The molecule has 0 fully saturated rings. The third-order valence-corrected chi connectivity index (χ3v) is 5.07. The third-order valence-electron chi connectivity index (χ3n) is 4.37. The summed E-state index contributed by atoms with van der Waals surface area (Å²) in [5.41, 5.74) is 0.486. The third kappa shape index (κ3) is 9.05. The summed E-state index contributed by atoms with van der Waals surface area (Å²) in [7, 11) is 0. The van der Waals surface area contributed by atoms with Crippen LogP contribution in [0, 0.1) is 11.3 Å². The smallest absolute Gasteiger partial charge is 0.326 e. The van der Waals surface area contributed by atoms with Gasteiger partial charge in [0, 0.05) is 47.9 Å². The molecule has 1 aromatic carbocycles. The van der Waals surface area contributed by atoms with E-state index in [-0.39, 0.29) is 61.7 Å². The van der Waals surface area contributed by atoms with Gasteiger partial charge in [0.1, 0.15) is 17.6 Å². The van der Waals surface area contributed by atoms with Gasteiger partial charge in [-0.3, -0.25) is 14.4 Å². The van der Waals surface area contributed by atoms with Crippen molar-refractivity contribution in [1.29, 1.82) is 5.41 Å². The Kier molecular flexibility index (Phi) is 10.7. The number of carbonyl (C=O) groups excluding carboxylic acids is 3. The highest BCUT2D eigenvalue weighted by molar-refractivity contribution is 6.36. The van der Waals surface area contributed by atoms with Crippen LogP contribution in [-0.4, -0.2) is 40.3 Å². The number of benzene rings is 1. The largest absolute Gasteiger partial charge is 0.480 e. The number of amides is 1. The van der Waals surface area contributed by atoms with Crippen molar-refractivity contribution in [3.05, 3.63) is 33.8 Å². The number of Topliss-reactive ketones (excluding diaryl/α,β-unsaturated/α-hetero) is 2. The van der Waals surface area contributed by atoms with Gasteiger partial charge in [0.15, 0.2) is 0 Å². The predicted molar refractivity (Wildman–Crippen MR) is 115 cm³/mol. The van der Waals surface area contributed by atoms with E-state index in [2.05, 4.69) is 5.32 Å². The molecule has 1 rings (SSSR count). The molecule has 30 heavy (non-hydrogen) atoms. The molecule has 164 valence electrons. The lowest BCUT2D eigenvalue weighted by Crippen LogP contribution is -2.44. The number of carboxylic acids is 1. The maximum absolute atomic E-state index is 12.2. The van der Waals surface area contributed by atoms with Crippen LogP contribution < -0.4 is 5.32 Å². The average Bonchev–Trinajstić information content (AvgIpc) is 2.62. The SMILES string of the molecule is CC(C)[C@H](NC(=O)CCCC(=O)CC(=N)CC(=O)Cc1c(Cl)cccc1Cl)C(=O)O. The number of rotatable bonds is 13. The molecule has 1 aromatic rings. The van der Waals surface area contributed by atoms with Gasteiger partial charge in [-0.2, -0.15) is 0 Å². The van der Waals surface area contributed by atoms with Crippen LogP contribution in [0.25, 0.3) is 0 Å². The van der Waals surface area contributed by atoms with Crippen LogP contribution in [0.15, 0.2) is 18.2 Å². The summed E-state index contributed by atoms with van der Waals surface area (Å²) in [4.78, 5) is 47.1. The summed E-state index contributed by atoms with van der Waals surface area (Å²) in [6, 6.07) is 3.95. The predicted octanol–water partition coefficient (Wildman–Crippen LogP) is 3.87. The highest BCUT2D eigenvalue weighted by Crippen LogP contribution is 2.25. The first-order valence-electron chi connectivity index (χ1n) is 9.56. The molecule has 0 unspecified atom stereocenters. The number of ketones is 2. The summed E-state index contributed by atoms with van der Waals surface area (Å²) >= 11 is 12.1. The fraction of sp³-hybridized carbons (Fsp3) is 0.476. The number of hydrogen-bond donors (Lipinski definition) is 3. The van der Waals surface area contributed by atoms with E-state index in [0.717, 1.165) is 0 Å². The lowest BCUT2D eigenvalue weighted by molar-refractivity contribution is -0.143. The van der Waals surface area contributed by atoms with E-state index in [9.17, 15) is 19.2 Å². The summed E-state index contributed by atoms with van der Waals surface area (Å²) in [6.07, 6.45) is -0.0452. The van der Waals surface area contributed by atoms with E-state index in [1.54, 1.807) is 32.0 Å². The molecule has 0 saturated heterocycles. The number of halogens is 2. The fourth-order valence-electron chi connectivity index (χ4n) is 2.79. The molecule has 0 radical (unpaired) electrons.